The fourth-order valence-corrected chi connectivity index (χ4v) is 2.46. The quantitative estimate of drug-likeness (QED) is 0.738. The molecule has 1 saturated heterocycles. The topological polar surface area (TPSA) is 67.4 Å². The molecule has 0 radical (unpaired) electrons. The van der Waals surface area contributed by atoms with Gasteiger partial charge in [-0.05, 0) is 11.4 Å². The van der Waals surface area contributed by atoms with Gasteiger partial charge in [-0.2, -0.15) is 0 Å². The molecule has 78 valence electrons. The van der Waals surface area contributed by atoms with Crippen LogP contribution >= 0.6 is 11.3 Å². The van der Waals surface area contributed by atoms with Gasteiger partial charge in [0, 0.05) is 0 Å². The average molecular weight is 224 g/mol. The molecule has 0 aliphatic carbocycles. The van der Waals surface area contributed by atoms with Gasteiger partial charge in [0.2, 0.25) is 0 Å². The lowest BCUT2D eigenvalue weighted by atomic mass is 10.4. The molecule has 6 heteroatoms. The van der Waals surface area contributed by atoms with Crippen molar-refractivity contribution in [1.29, 1.82) is 0 Å². The summed E-state index contributed by atoms with van der Waals surface area (Å²) in [5, 5.41) is 2.38. The summed E-state index contributed by atoms with van der Waals surface area (Å²) in [6, 6.07) is 1.72. The predicted octanol–water partition coefficient (Wildman–Crippen LogP) is 0.150. The molecular weight excluding hydrogens is 216 g/mol. The van der Waals surface area contributed by atoms with Gasteiger partial charge in [-0.15, -0.1) is 11.3 Å². The summed E-state index contributed by atoms with van der Waals surface area (Å²) < 4.78 is 6.64. The Morgan fingerprint density at radius 3 is 3.13 bits per heavy atom. The molecule has 1 aliphatic heterocycles. The van der Waals surface area contributed by atoms with Crippen molar-refractivity contribution >= 4 is 21.6 Å². The zero-order valence-corrected chi connectivity index (χ0v) is 8.54. The average Bonchev–Trinajstić information content (AvgIpc) is 2.87. The minimum absolute atomic E-state index is 0.124. The van der Waals surface area contributed by atoms with Crippen molar-refractivity contribution < 1.29 is 4.74 Å². The van der Waals surface area contributed by atoms with E-state index in [4.69, 9.17) is 4.74 Å². The van der Waals surface area contributed by atoms with Gasteiger partial charge in [0.25, 0.3) is 5.56 Å². The Bertz CT molecular complexity index is 620. The smallest absolute Gasteiger partial charge is 0.329 e. The van der Waals surface area contributed by atoms with E-state index in [1.165, 1.54) is 11.3 Å². The number of thiophene rings is 1. The van der Waals surface area contributed by atoms with E-state index in [9.17, 15) is 9.59 Å². The number of hydrogen-bond donors (Lipinski definition) is 1. The van der Waals surface area contributed by atoms with E-state index in [1.807, 2.05) is 5.38 Å². The van der Waals surface area contributed by atoms with Crippen LogP contribution in [-0.2, 0) is 11.3 Å². The number of aromatic amines is 1. The van der Waals surface area contributed by atoms with Crippen LogP contribution in [0.4, 0.5) is 0 Å². The molecule has 2 aromatic rings. The maximum absolute atomic E-state index is 11.6. The summed E-state index contributed by atoms with van der Waals surface area (Å²) in [5.74, 6) is 0. The summed E-state index contributed by atoms with van der Waals surface area (Å²) in [6.45, 7) is 1.21. The molecule has 0 saturated carbocycles. The standard InChI is InChI=1S/C9H8N2O3S/c12-7-6-1-2-15-8(6)11(9(13)10-7)3-5-4-14-5/h1-2,5H,3-4H2,(H,10,12,13)/t5-/m1/s1. The Morgan fingerprint density at radius 1 is 1.60 bits per heavy atom. The second-order valence-electron chi connectivity index (χ2n) is 3.46. The molecule has 1 atom stereocenters. The lowest BCUT2D eigenvalue weighted by Crippen LogP contribution is -2.30. The summed E-state index contributed by atoms with van der Waals surface area (Å²) in [5.41, 5.74) is -0.672. The van der Waals surface area contributed by atoms with Crippen LogP contribution in [0.25, 0.3) is 10.2 Å². The van der Waals surface area contributed by atoms with Crippen molar-refractivity contribution in [3.63, 3.8) is 0 Å². The van der Waals surface area contributed by atoms with E-state index in [0.29, 0.717) is 18.5 Å². The Balaban J connectivity index is 2.29. The summed E-state index contributed by atoms with van der Waals surface area (Å²) in [4.78, 5) is 26.0. The number of ether oxygens (including phenoxy) is 1. The third-order valence-electron chi connectivity index (χ3n) is 2.39. The number of H-pyrrole nitrogens is 1. The van der Waals surface area contributed by atoms with E-state index in [2.05, 4.69) is 4.98 Å². The fourth-order valence-electron chi connectivity index (χ4n) is 1.55. The van der Waals surface area contributed by atoms with Gasteiger partial charge < -0.3 is 4.74 Å². The van der Waals surface area contributed by atoms with Gasteiger partial charge in [0.05, 0.1) is 24.6 Å². The SMILES string of the molecule is O=c1[nH]c(=O)n(C[C@@H]2CO2)c2sccc12. The first-order valence-electron chi connectivity index (χ1n) is 4.57. The van der Waals surface area contributed by atoms with Crippen molar-refractivity contribution in [3.8, 4) is 0 Å². The Morgan fingerprint density at radius 2 is 2.40 bits per heavy atom. The van der Waals surface area contributed by atoms with Gasteiger partial charge >= 0.3 is 5.69 Å². The van der Waals surface area contributed by atoms with Crippen LogP contribution in [-0.4, -0.2) is 22.3 Å². The molecule has 1 fully saturated rings. The fraction of sp³-hybridized carbons (Fsp3) is 0.333. The second-order valence-corrected chi connectivity index (χ2v) is 4.36. The third-order valence-corrected chi connectivity index (χ3v) is 3.32. The predicted molar refractivity (Wildman–Crippen MR) is 56.4 cm³/mol. The third kappa shape index (κ3) is 1.42. The monoisotopic (exact) mass is 224 g/mol. The molecule has 1 N–H and O–H groups in total. The zero-order valence-electron chi connectivity index (χ0n) is 7.73. The summed E-state index contributed by atoms with van der Waals surface area (Å²) in [7, 11) is 0. The van der Waals surface area contributed by atoms with Crippen LogP contribution in [0, 0.1) is 0 Å². The molecule has 0 unspecified atom stereocenters. The van der Waals surface area contributed by atoms with Crippen molar-refractivity contribution in [2.75, 3.05) is 6.61 Å². The maximum atomic E-state index is 11.6. The molecule has 5 nitrogen and oxygen atoms in total. The maximum Gasteiger partial charge on any atom is 0.329 e. The number of epoxide rings is 1. The van der Waals surface area contributed by atoms with Crippen LogP contribution < -0.4 is 11.2 Å². The molecule has 0 bridgehead atoms. The van der Waals surface area contributed by atoms with E-state index in [0.717, 1.165) is 4.83 Å². The van der Waals surface area contributed by atoms with Gasteiger partial charge in [-0.3, -0.25) is 14.3 Å². The molecule has 0 aromatic carbocycles. The minimum atomic E-state index is -0.356. The van der Waals surface area contributed by atoms with Crippen LogP contribution in [0.15, 0.2) is 21.0 Å². The zero-order chi connectivity index (χ0) is 10.4. The van der Waals surface area contributed by atoms with E-state index in [1.54, 1.807) is 10.6 Å². The highest BCUT2D eigenvalue weighted by Crippen LogP contribution is 2.18. The molecule has 3 rings (SSSR count). The van der Waals surface area contributed by atoms with Gasteiger partial charge in [-0.25, -0.2) is 4.79 Å². The minimum Gasteiger partial charge on any atom is -0.371 e. The lowest BCUT2D eigenvalue weighted by molar-refractivity contribution is 0.382. The summed E-state index contributed by atoms with van der Waals surface area (Å²) in [6.07, 6.45) is 0.124. The van der Waals surface area contributed by atoms with Crippen molar-refractivity contribution in [2.45, 2.75) is 12.6 Å². The normalized spacial score (nSPS) is 19.6. The van der Waals surface area contributed by atoms with Crippen LogP contribution in [0.5, 0.6) is 0 Å². The second kappa shape index (κ2) is 3.04. The van der Waals surface area contributed by atoms with Crippen molar-refractivity contribution in [1.82, 2.24) is 9.55 Å². The first kappa shape index (κ1) is 8.87. The molecule has 15 heavy (non-hydrogen) atoms. The Kier molecular flexibility index (Phi) is 1.80. The molecule has 0 amide bonds. The molecule has 3 heterocycles. The highest BCUT2D eigenvalue weighted by molar-refractivity contribution is 7.16. The number of fused-ring (bicyclic) bond motifs is 1. The van der Waals surface area contributed by atoms with Crippen molar-refractivity contribution in [3.05, 3.63) is 32.3 Å². The largest absolute Gasteiger partial charge is 0.371 e. The van der Waals surface area contributed by atoms with Gasteiger partial charge in [-0.1, -0.05) is 0 Å². The summed E-state index contributed by atoms with van der Waals surface area (Å²) >= 11 is 1.40. The first-order valence-corrected chi connectivity index (χ1v) is 5.45. The van der Waals surface area contributed by atoms with Crippen LogP contribution in [0.1, 0.15) is 0 Å². The number of rotatable bonds is 2. The molecule has 0 spiro atoms. The van der Waals surface area contributed by atoms with Crippen molar-refractivity contribution in [2.24, 2.45) is 0 Å². The number of nitrogens with one attached hydrogen (secondary N) is 1. The first-order chi connectivity index (χ1) is 7.25. The highest BCUT2D eigenvalue weighted by Gasteiger charge is 2.24. The van der Waals surface area contributed by atoms with Gasteiger partial charge in [0.15, 0.2) is 0 Å². The molecule has 2 aromatic heterocycles. The van der Waals surface area contributed by atoms with Crippen LogP contribution in [0.3, 0.4) is 0 Å². The number of aromatic nitrogens is 2. The van der Waals surface area contributed by atoms with E-state index >= 15 is 0 Å². The number of nitrogens with zero attached hydrogens (tertiary/aromatic N) is 1. The van der Waals surface area contributed by atoms with E-state index in [-0.39, 0.29) is 17.4 Å². The van der Waals surface area contributed by atoms with Crippen LogP contribution in [0.2, 0.25) is 0 Å². The Hall–Kier alpha value is -1.40. The lowest BCUT2D eigenvalue weighted by Gasteiger charge is -2.03. The number of hydrogen-bond acceptors (Lipinski definition) is 4. The molecular formula is C9H8N2O3S. The molecule has 1 aliphatic rings. The Labute approximate surface area is 87.9 Å². The van der Waals surface area contributed by atoms with E-state index < -0.39 is 0 Å². The van der Waals surface area contributed by atoms with Gasteiger partial charge in [0.1, 0.15) is 4.83 Å². The highest BCUT2D eigenvalue weighted by atomic mass is 32.1.